The minimum absolute atomic E-state index is 0.141. The molecule has 0 aromatic heterocycles. The van der Waals surface area contributed by atoms with E-state index in [4.69, 9.17) is 9.47 Å². The maximum atomic E-state index is 12.5. The Hall–Kier alpha value is -2.24. The predicted octanol–water partition coefficient (Wildman–Crippen LogP) is 2.80. The van der Waals surface area contributed by atoms with Crippen molar-refractivity contribution in [1.82, 2.24) is 10.6 Å². The number of carbonyl (C=O) groups excluding carboxylic acids is 2. The van der Waals surface area contributed by atoms with Crippen molar-refractivity contribution in [3.63, 3.8) is 0 Å². The molecular weight excluding hydrogens is 320 g/mol. The van der Waals surface area contributed by atoms with Crippen LogP contribution in [0.25, 0.3) is 0 Å². The normalized spacial score (nSPS) is 15.7. The SMILES string of the molecule is COc1ccc(CCNC(=O)C2(NC(=O)OC(C)(C)C)CCC2)cc1. The van der Waals surface area contributed by atoms with Crippen LogP contribution >= 0.6 is 0 Å². The van der Waals surface area contributed by atoms with Crippen molar-refractivity contribution in [2.24, 2.45) is 0 Å². The highest BCUT2D eigenvalue weighted by Crippen LogP contribution is 2.32. The van der Waals surface area contributed by atoms with E-state index in [1.54, 1.807) is 27.9 Å². The fourth-order valence-electron chi connectivity index (χ4n) is 2.72. The molecule has 0 radical (unpaired) electrons. The summed E-state index contributed by atoms with van der Waals surface area (Å²) in [6, 6.07) is 7.75. The number of ether oxygens (including phenoxy) is 2. The molecule has 1 aromatic rings. The maximum absolute atomic E-state index is 12.5. The molecule has 1 aliphatic carbocycles. The molecular formula is C19H28N2O4. The van der Waals surface area contributed by atoms with Crippen LogP contribution in [0.4, 0.5) is 4.79 Å². The molecule has 25 heavy (non-hydrogen) atoms. The van der Waals surface area contributed by atoms with Crippen LogP contribution in [0.3, 0.4) is 0 Å². The zero-order valence-corrected chi connectivity index (χ0v) is 15.5. The van der Waals surface area contributed by atoms with Gasteiger partial charge in [0, 0.05) is 6.54 Å². The number of methoxy groups -OCH3 is 1. The fourth-order valence-corrected chi connectivity index (χ4v) is 2.72. The lowest BCUT2D eigenvalue weighted by Gasteiger charge is -2.40. The first kappa shape index (κ1) is 19.1. The smallest absolute Gasteiger partial charge is 0.408 e. The quantitative estimate of drug-likeness (QED) is 0.829. The molecule has 0 spiro atoms. The van der Waals surface area contributed by atoms with E-state index >= 15 is 0 Å². The summed E-state index contributed by atoms with van der Waals surface area (Å²) in [5.74, 6) is 0.667. The number of hydrogen-bond donors (Lipinski definition) is 2. The van der Waals surface area contributed by atoms with Crippen molar-refractivity contribution in [1.29, 1.82) is 0 Å². The van der Waals surface area contributed by atoms with E-state index in [9.17, 15) is 9.59 Å². The molecule has 0 unspecified atom stereocenters. The van der Waals surface area contributed by atoms with Crippen LogP contribution in [-0.2, 0) is 16.0 Å². The molecule has 1 aliphatic rings. The van der Waals surface area contributed by atoms with E-state index in [0.29, 0.717) is 19.4 Å². The summed E-state index contributed by atoms with van der Waals surface area (Å²) < 4.78 is 10.4. The molecule has 1 saturated carbocycles. The molecule has 1 fully saturated rings. The summed E-state index contributed by atoms with van der Waals surface area (Å²) in [5, 5.41) is 5.69. The van der Waals surface area contributed by atoms with Gasteiger partial charge in [0.25, 0.3) is 0 Å². The van der Waals surface area contributed by atoms with Gasteiger partial charge in [-0.15, -0.1) is 0 Å². The molecule has 1 aromatic carbocycles. The van der Waals surface area contributed by atoms with Crippen molar-refractivity contribution >= 4 is 12.0 Å². The van der Waals surface area contributed by atoms with Crippen LogP contribution in [0.1, 0.15) is 45.6 Å². The largest absolute Gasteiger partial charge is 0.497 e. The Kier molecular flexibility index (Phi) is 5.93. The van der Waals surface area contributed by atoms with Crippen molar-refractivity contribution in [2.45, 2.75) is 57.6 Å². The summed E-state index contributed by atoms with van der Waals surface area (Å²) in [4.78, 5) is 24.5. The van der Waals surface area contributed by atoms with Crippen LogP contribution in [0, 0.1) is 0 Å². The number of hydrogen-bond acceptors (Lipinski definition) is 4. The van der Waals surface area contributed by atoms with Crippen molar-refractivity contribution in [3.8, 4) is 5.75 Å². The topological polar surface area (TPSA) is 76.7 Å². The molecule has 0 heterocycles. The Balaban J connectivity index is 1.83. The van der Waals surface area contributed by atoms with Gasteiger partial charge in [-0.1, -0.05) is 12.1 Å². The van der Waals surface area contributed by atoms with Gasteiger partial charge in [-0.25, -0.2) is 4.79 Å². The maximum Gasteiger partial charge on any atom is 0.408 e. The molecule has 2 rings (SSSR count). The molecule has 2 N–H and O–H groups in total. The lowest BCUT2D eigenvalue weighted by molar-refractivity contribution is -0.131. The summed E-state index contributed by atoms with van der Waals surface area (Å²) in [6.45, 7) is 5.92. The molecule has 6 heteroatoms. The summed E-state index contributed by atoms with van der Waals surface area (Å²) in [7, 11) is 1.63. The number of rotatable bonds is 6. The molecule has 0 atom stereocenters. The average molecular weight is 348 g/mol. The minimum Gasteiger partial charge on any atom is -0.497 e. The van der Waals surface area contributed by atoms with Gasteiger partial charge in [-0.05, 0) is 64.2 Å². The predicted molar refractivity (Wildman–Crippen MR) is 95.7 cm³/mol. The van der Waals surface area contributed by atoms with Gasteiger partial charge in [0.05, 0.1) is 7.11 Å². The molecule has 0 bridgehead atoms. The molecule has 0 saturated heterocycles. The van der Waals surface area contributed by atoms with Gasteiger partial charge < -0.3 is 20.1 Å². The standard InChI is InChI=1S/C19H28N2O4/c1-18(2,3)25-17(23)21-19(11-5-12-19)16(22)20-13-10-14-6-8-15(24-4)9-7-14/h6-9H,5,10-13H2,1-4H3,(H,20,22)(H,21,23). The fraction of sp³-hybridized carbons (Fsp3) is 0.579. The Morgan fingerprint density at radius 2 is 1.80 bits per heavy atom. The minimum atomic E-state index is -0.831. The summed E-state index contributed by atoms with van der Waals surface area (Å²) >= 11 is 0. The van der Waals surface area contributed by atoms with E-state index in [1.807, 2.05) is 24.3 Å². The van der Waals surface area contributed by atoms with Gasteiger partial charge in [0.15, 0.2) is 0 Å². The van der Waals surface area contributed by atoms with Crippen LogP contribution in [-0.4, -0.2) is 36.8 Å². The Morgan fingerprint density at radius 3 is 2.28 bits per heavy atom. The van der Waals surface area contributed by atoms with E-state index in [2.05, 4.69) is 10.6 Å². The van der Waals surface area contributed by atoms with Gasteiger partial charge in [0.1, 0.15) is 16.9 Å². The highest BCUT2D eigenvalue weighted by molar-refractivity contribution is 5.90. The molecule has 0 aliphatic heterocycles. The lowest BCUT2D eigenvalue weighted by atomic mass is 9.76. The third kappa shape index (κ3) is 5.37. The second kappa shape index (κ2) is 7.76. The Bertz CT molecular complexity index is 601. The molecule has 6 nitrogen and oxygen atoms in total. The lowest BCUT2D eigenvalue weighted by Crippen LogP contribution is -2.63. The number of carbonyl (C=O) groups is 2. The zero-order chi connectivity index (χ0) is 18.5. The van der Waals surface area contributed by atoms with Gasteiger partial charge >= 0.3 is 6.09 Å². The van der Waals surface area contributed by atoms with Gasteiger partial charge in [-0.3, -0.25) is 4.79 Å². The summed E-state index contributed by atoms with van der Waals surface area (Å²) in [5.41, 5.74) is -0.300. The number of benzene rings is 1. The van der Waals surface area contributed by atoms with Crippen LogP contribution in [0.15, 0.2) is 24.3 Å². The Morgan fingerprint density at radius 1 is 1.16 bits per heavy atom. The van der Waals surface area contributed by atoms with Gasteiger partial charge in [-0.2, -0.15) is 0 Å². The Labute approximate surface area is 149 Å². The van der Waals surface area contributed by atoms with Crippen LogP contribution in [0.5, 0.6) is 5.75 Å². The first-order valence-electron chi connectivity index (χ1n) is 8.66. The second-order valence-corrected chi connectivity index (χ2v) is 7.42. The second-order valence-electron chi connectivity index (χ2n) is 7.42. The van der Waals surface area contributed by atoms with Crippen LogP contribution < -0.4 is 15.4 Å². The third-order valence-corrected chi connectivity index (χ3v) is 4.24. The number of amides is 2. The van der Waals surface area contributed by atoms with Crippen molar-refractivity contribution < 1.29 is 19.1 Å². The van der Waals surface area contributed by atoms with Gasteiger partial charge in [0.2, 0.25) is 5.91 Å². The van der Waals surface area contributed by atoms with E-state index in [0.717, 1.165) is 24.2 Å². The first-order valence-corrected chi connectivity index (χ1v) is 8.66. The highest BCUT2D eigenvalue weighted by atomic mass is 16.6. The third-order valence-electron chi connectivity index (χ3n) is 4.24. The average Bonchev–Trinajstić information content (AvgIpc) is 2.49. The first-order chi connectivity index (χ1) is 11.7. The summed E-state index contributed by atoms with van der Waals surface area (Å²) in [6.07, 6.45) is 2.37. The van der Waals surface area contributed by atoms with Crippen molar-refractivity contribution in [3.05, 3.63) is 29.8 Å². The van der Waals surface area contributed by atoms with E-state index < -0.39 is 17.2 Å². The zero-order valence-electron chi connectivity index (χ0n) is 15.5. The monoisotopic (exact) mass is 348 g/mol. The number of alkyl carbamates (subject to hydrolysis) is 1. The van der Waals surface area contributed by atoms with E-state index in [-0.39, 0.29) is 5.91 Å². The number of nitrogens with one attached hydrogen (secondary N) is 2. The highest BCUT2D eigenvalue weighted by Gasteiger charge is 2.46. The molecule has 2 amide bonds. The van der Waals surface area contributed by atoms with Crippen molar-refractivity contribution in [2.75, 3.05) is 13.7 Å². The van der Waals surface area contributed by atoms with E-state index in [1.165, 1.54) is 0 Å². The molecule has 138 valence electrons. The van der Waals surface area contributed by atoms with Crippen LogP contribution in [0.2, 0.25) is 0 Å².